The second-order valence-electron chi connectivity index (χ2n) is 13.2. The van der Waals surface area contributed by atoms with E-state index in [1.165, 1.54) is 0 Å². The van der Waals surface area contributed by atoms with Crippen molar-refractivity contribution in [1.82, 2.24) is 29.1 Å². The van der Waals surface area contributed by atoms with Crippen LogP contribution in [-0.2, 0) is 0 Å². The van der Waals surface area contributed by atoms with Gasteiger partial charge in [-0.3, -0.25) is 14.1 Å². The Morgan fingerprint density at radius 2 is 0.889 bits per heavy atom. The summed E-state index contributed by atoms with van der Waals surface area (Å²) in [7, 11) is 0. The summed E-state index contributed by atoms with van der Waals surface area (Å²) in [6, 6.07) is 62.8. The number of hydrogen-bond acceptors (Lipinski definition) is 4. The molecule has 0 spiro atoms. The lowest BCUT2D eigenvalue weighted by atomic mass is 10.0. The lowest BCUT2D eigenvalue weighted by Crippen LogP contribution is -2.00. The number of benzene rings is 6. The Morgan fingerprint density at radius 1 is 0.352 bits per heavy atom. The van der Waals surface area contributed by atoms with Gasteiger partial charge in [0.05, 0.1) is 23.1 Å². The summed E-state index contributed by atoms with van der Waals surface area (Å²) in [6.45, 7) is 0. The van der Waals surface area contributed by atoms with Crippen LogP contribution in [0.25, 0.3) is 89.9 Å². The van der Waals surface area contributed by atoms with Crippen molar-refractivity contribution in [3.63, 3.8) is 0 Å². The first-order valence-electron chi connectivity index (χ1n) is 18.0. The Labute approximate surface area is 312 Å². The van der Waals surface area contributed by atoms with Gasteiger partial charge < -0.3 is 0 Å². The minimum absolute atomic E-state index is 0.781. The SMILES string of the molecule is c1ccc(-c2nc3cccnc3c3nc(-c4ccc(-c5ccc(-n6c(-c7ccccc7)cnc6-c6ccccc6)cc5)cc4)n(-c4ccccc4)c23)cc1. The maximum absolute atomic E-state index is 5.33. The topological polar surface area (TPSA) is 61.4 Å². The van der Waals surface area contributed by atoms with Gasteiger partial charge in [0.25, 0.3) is 0 Å². The van der Waals surface area contributed by atoms with E-state index in [9.17, 15) is 0 Å². The summed E-state index contributed by atoms with van der Waals surface area (Å²) in [4.78, 5) is 20.2. The molecule has 4 aromatic heterocycles. The lowest BCUT2D eigenvalue weighted by molar-refractivity contribution is 1.07. The first-order valence-corrected chi connectivity index (χ1v) is 18.0. The van der Waals surface area contributed by atoms with Crippen LogP contribution in [-0.4, -0.2) is 29.1 Å². The van der Waals surface area contributed by atoms with E-state index >= 15 is 0 Å². The summed E-state index contributed by atoms with van der Waals surface area (Å²) in [5, 5.41) is 0. The van der Waals surface area contributed by atoms with Crippen LogP contribution in [0.2, 0.25) is 0 Å². The number of para-hydroxylation sites is 1. The molecule has 54 heavy (non-hydrogen) atoms. The monoisotopic (exact) mass is 692 g/mol. The molecular weight excluding hydrogens is 661 g/mol. The van der Waals surface area contributed by atoms with E-state index in [4.69, 9.17) is 19.9 Å². The van der Waals surface area contributed by atoms with Crippen LogP contribution in [0.15, 0.2) is 194 Å². The molecule has 0 radical (unpaired) electrons. The molecule has 6 nitrogen and oxygen atoms in total. The van der Waals surface area contributed by atoms with Gasteiger partial charge in [0.2, 0.25) is 0 Å². The summed E-state index contributed by atoms with van der Waals surface area (Å²) < 4.78 is 4.46. The molecule has 0 aliphatic rings. The third-order valence-electron chi connectivity index (χ3n) is 9.87. The predicted octanol–water partition coefficient (Wildman–Crippen LogP) is 11.5. The third-order valence-corrected chi connectivity index (χ3v) is 9.87. The highest BCUT2D eigenvalue weighted by atomic mass is 15.1. The number of imidazole rings is 2. The summed E-state index contributed by atoms with van der Waals surface area (Å²) in [6.07, 6.45) is 3.77. The molecule has 0 aliphatic heterocycles. The fraction of sp³-hybridized carbons (Fsp3) is 0. The standard InChI is InChI=1S/C48H32N6/c1-5-14-35(15-6-1)42-32-50-47(37-18-9-3-10-19-37)53(42)40-29-27-34(28-30-40)33-23-25-38(26-24-33)48-52-45-44-41(22-13-31-49-44)51-43(36-16-7-2-8-17-36)46(45)54(48)39-20-11-4-12-21-39/h1-32H. The molecule has 0 fully saturated rings. The predicted molar refractivity (Wildman–Crippen MR) is 218 cm³/mol. The summed E-state index contributed by atoms with van der Waals surface area (Å²) in [5.41, 5.74) is 13.8. The van der Waals surface area contributed by atoms with Gasteiger partial charge in [-0.15, -0.1) is 0 Å². The van der Waals surface area contributed by atoms with Gasteiger partial charge in [-0.1, -0.05) is 146 Å². The number of fused-ring (bicyclic) bond motifs is 3. The maximum atomic E-state index is 5.33. The van der Waals surface area contributed by atoms with Crippen molar-refractivity contribution < 1.29 is 0 Å². The number of hydrogen-bond donors (Lipinski definition) is 0. The lowest BCUT2D eigenvalue weighted by Gasteiger charge is -2.14. The molecule has 10 rings (SSSR count). The van der Waals surface area contributed by atoms with Crippen molar-refractivity contribution in [2.45, 2.75) is 0 Å². The maximum Gasteiger partial charge on any atom is 0.145 e. The van der Waals surface area contributed by atoms with E-state index < -0.39 is 0 Å². The van der Waals surface area contributed by atoms with Crippen LogP contribution in [0.5, 0.6) is 0 Å². The van der Waals surface area contributed by atoms with Gasteiger partial charge in [-0.05, 0) is 47.5 Å². The molecule has 0 saturated carbocycles. The Morgan fingerprint density at radius 3 is 1.56 bits per heavy atom. The second kappa shape index (κ2) is 13.3. The van der Waals surface area contributed by atoms with Crippen LogP contribution in [0, 0.1) is 0 Å². The Balaban J connectivity index is 1.07. The smallest absolute Gasteiger partial charge is 0.145 e. The molecule has 0 aliphatic carbocycles. The van der Waals surface area contributed by atoms with Crippen LogP contribution < -0.4 is 0 Å². The summed E-state index contributed by atoms with van der Waals surface area (Å²) in [5.74, 6) is 1.73. The van der Waals surface area contributed by atoms with E-state index in [0.717, 1.165) is 89.9 Å². The molecule has 10 aromatic rings. The van der Waals surface area contributed by atoms with Gasteiger partial charge in [0, 0.05) is 39.8 Å². The number of pyridine rings is 2. The molecule has 0 saturated heterocycles. The number of rotatable bonds is 7. The molecule has 0 unspecified atom stereocenters. The van der Waals surface area contributed by atoms with E-state index in [1.54, 1.807) is 0 Å². The highest BCUT2D eigenvalue weighted by Gasteiger charge is 2.22. The normalized spacial score (nSPS) is 11.3. The highest BCUT2D eigenvalue weighted by Crippen LogP contribution is 2.38. The molecule has 254 valence electrons. The van der Waals surface area contributed by atoms with E-state index in [0.29, 0.717) is 0 Å². The van der Waals surface area contributed by atoms with Crippen molar-refractivity contribution in [2.75, 3.05) is 0 Å². The number of nitrogens with zero attached hydrogens (tertiary/aromatic N) is 6. The zero-order valence-corrected chi connectivity index (χ0v) is 29.2. The summed E-state index contributed by atoms with van der Waals surface area (Å²) >= 11 is 0. The van der Waals surface area contributed by atoms with E-state index in [-0.39, 0.29) is 0 Å². The quantitative estimate of drug-likeness (QED) is 0.167. The Hall–Kier alpha value is -7.44. The third kappa shape index (κ3) is 5.45. The Bertz CT molecular complexity index is 2820. The molecule has 0 atom stereocenters. The average Bonchev–Trinajstić information content (AvgIpc) is 3.89. The van der Waals surface area contributed by atoms with Crippen molar-refractivity contribution in [3.05, 3.63) is 194 Å². The van der Waals surface area contributed by atoms with Crippen LogP contribution in [0.1, 0.15) is 0 Å². The van der Waals surface area contributed by atoms with Crippen LogP contribution in [0.3, 0.4) is 0 Å². The minimum atomic E-state index is 0.781. The molecule has 0 bridgehead atoms. The van der Waals surface area contributed by atoms with Crippen molar-refractivity contribution in [1.29, 1.82) is 0 Å². The van der Waals surface area contributed by atoms with Gasteiger partial charge in [-0.2, -0.15) is 0 Å². The molecule has 6 heteroatoms. The first kappa shape index (κ1) is 31.3. The highest BCUT2D eigenvalue weighted by molar-refractivity contribution is 6.07. The minimum Gasteiger partial charge on any atom is -0.292 e. The zero-order valence-electron chi connectivity index (χ0n) is 29.2. The van der Waals surface area contributed by atoms with Crippen molar-refractivity contribution in [3.8, 4) is 67.8 Å². The molecule has 4 heterocycles. The van der Waals surface area contributed by atoms with E-state index in [2.05, 4.69) is 143 Å². The van der Waals surface area contributed by atoms with Gasteiger partial charge >= 0.3 is 0 Å². The molecular formula is C48H32N6. The largest absolute Gasteiger partial charge is 0.292 e. The number of aromatic nitrogens is 6. The first-order chi connectivity index (χ1) is 26.8. The van der Waals surface area contributed by atoms with Crippen molar-refractivity contribution >= 4 is 22.1 Å². The fourth-order valence-electron chi connectivity index (χ4n) is 7.30. The average molecular weight is 693 g/mol. The van der Waals surface area contributed by atoms with Gasteiger partial charge in [0.15, 0.2) is 0 Å². The van der Waals surface area contributed by atoms with Gasteiger partial charge in [-0.25, -0.2) is 15.0 Å². The van der Waals surface area contributed by atoms with Gasteiger partial charge in [0.1, 0.15) is 28.2 Å². The fourth-order valence-corrected chi connectivity index (χ4v) is 7.30. The molecule has 0 N–H and O–H groups in total. The second-order valence-corrected chi connectivity index (χ2v) is 13.2. The molecule has 0 amide bonds. The van der Waals surface area contributed by atoms with E-state index in [1.807, 2.05) is 60.9 Å². The van der Waals surface area contributed by atoms with Crippen LogP contribution >= 0.6 is 0 Å². The Kier molecular flexibility index (Phi) is 7.69. The molecule has 6 aromatic carbocycles. The zero-order chi connectivity index (χ0) is 35.8. The van der Waals surface area contributed by atoms with Crippen LogP contribution in [0.4, 0.5) is 0 Å². The van der Waals surface area contributed by atoms with Crippen molar-refractivity contribution in [2.24, 2.45) is 0 Å².